The highest BCUT2D eigenvalue weighted by Crippen LogP contribution is 2.16. The third kappa shape index (κ3) is 4.47. The molecular weight excluding hydrogens is 268 g/mol. The maximum Gasteiger partial charge on any atom is 0.238 e. The highest BCUT2D eigenvalue weighted by Gasteiger charge is 2.31. The minimum atomic E-state index is -0.847. The molecule has 3 N–H and O–H groups in total. The molecule has 1 atom stereocenters. The summed E-state index contributed by atoms with van der Waals surface area (Å²) in [5.74, 6) is -0.162. The third-order valence-electron chi connectivity index (χ3n) is 2.95. The zero-order valence-electron chi connectivity index (χ0n) is 10.5. The summed E-state index contributed by atoms with van der Waals surface area (Å²) in [5, 5.41) is 16.3. The Kier molecular flexibility index (Phi) is 4.76. The van der Waals surface area contributed by atoms with E-state index in [1.165, 1.54) is 0 Å². The summed E-state index contributed by atoms with van der Waals surface area (Å²) in [4.78, 5) is 11.7. The maximum absolute atomic E-state index is 11.7. The molecule has 6 heteroatoms. The fraction of sp³-hybridized carbons (Fsp3) is 0.462. The van der Waals surface area contributed by atoms with E-state index in [1.54, 1.807) is 24.3 Å². The van der Waals surface area contributed by atoms with Gasteiger partial charge >= 0.3 is 0 Å². The number of halogens is 1. The number of amides is 1. The Balaban J connectivity index is 1.71. The second kappa shape index (κ2) is 6.34. The lowest BCUT2D eigenvalue weighted by molar-refractivity contribution is -0.115. The van der Waals surface area contributed by atoms with Gasteiger partial charge < -0.3 is 20.5 Å². The number of hydrogen-bond acceptors (Lipinski definition) is 4. The molecule has 1 aliphatic rings. The van der Waals surface area contributed by atoms with E-state index in [9.17, 15) is 9.90 Å². The van der Waals surface area contributed by atoms with Crippen molar-refractivity contribution in [2.75, 3.05) is 31.6 Å². The zero-order chi connectivity index (χ0) is 13.7. The van der Waals surface area contributed by atoms with E-state index in [4.69, 9.17) is 16.3 Å². The first kappa shape index (κ1) is 14.3. The molecule has 5 nitrogen and oxygen atoms in total. The van der Waals surface area contributed by atoms with Crippen molar-refractivity contribution in [2.24, 2.45) is 0 Å². The molecular formula is C13H17ClN2O3. The van der Waals surface area contributed by atoms with Gasteiger partial charge in [0, 0.05) is 30.3 Å². The minimum absolute atomic E-state index is 0.144. The lowest BCUT2D eigenvalue weighted by Crippen LogP contribution is -2.43. The number of carbonyl (C=O) groups excluding carboxylic acids is 1. The van der Waals surface area contributed by atoms with Crippen LogP contribution < -0.4 is 10.6 Å². The molecule has 0 saturated carbocycles. The average Bonchev–Trinajstić information content (AvgIpc) is 2.79. The predicted molar refractivity (Wildman–Crippen MR) is 73.3 cm³/mol. The Morgan fingerprint density at radius 2 is 2.16 bits per heavy atom. The van der Waals surface area contributed by atoms with Crippen molar-refractivity contribution < 1.29 is 14.6 Å². The Morgan fingerprint density at radius 1 is 1.42 bits per heavy atom. The highest BCUT2D eigenvalue weighted by atomic mass is 35.5. The summed E-state index contributed by atoms with van der Waals surface area (Å²) in [6, 6.07) is 6.89. The van der Waals surface area contributed by atoms with Gasteiger partial charge in [-0.2, -0.15) is 0 Å². The van der Waals surface area contributed by atoms with Crippen LogP contribution in [-0.2, 0) is 9.53 Å². The van der Waals surface area contributed by atoms with Crippen molar-refractivity contribution in [3.8, 4) is 0 Å². The molecule has 1 aliphatic heterocycles. The van der Waals surface area contributed by atoms with E-state index < -0.39 is 5.60 Å². The number of benzene rings is 1. The molecule has 1 aromatic carbocycles. The van der Waals surface area contributed by atoms with E-state index in [0.29, 0.717) is 36.9 Å². The van der Waals surface area contributed by atoms with Crippen LogP contribution in [0.15, 0.2) is 24.3 Å². The quantitative estimate of drug-likeness (QED) is 0.755. The van der Waals surface area contributed by atoms with E-state index in [-0.39, 0.29) is 12.5 Å². The van der Waals surface area contributed by atoms with Gasteiger partial charge in [0.05, 0.1) is 13.2 Å². The summed E-state index contributed by atoms with van der Waals surface area (Å²) in [6.45, 7) is 1.37. The molecule has 19 heavy (non-hydrogen) atoms. The lowest BCUT2D eigenvalue weighted by atomic mass is 10.0. The van der Waals surface area contributed by atoms with Crippen LogP contribution in [0.4, 0.5) is 5.69 Å². The molecule has 1 fully saturated rings. The Bertz CT molecular complexity index is 430. The molecule has 1 aromatic rings. The fourth-order valence-corrected chi connectivity index (χ4v) is 2.01. The first-order valence-corrected chi connectivity index (χ1v) is 6.51. The number of ether oxygens (including phenoxy) is 1. The van der Waals surface area contributed by atoms with Gasteiger partial charge in [0.2, 0.25) is 5.91 Å². The fourth-order valence-electron chi connectivity index (χ4n) is 1.88. The van der Waals surface area contributed by atoms with E-state index >= 15 is 0 Å². The van der Waals surface area contributed by atoms with Crippen LogP contribution in [0, 0.1) is 0 Å². The van der Waals surface area contributed by atoms with Gasteiger partial charge in [0.1, 0.15) is 5.60 Å². The molecule has 2 rings (SSSR count). The van der Waals surface area contributed by atoms with E-state index in [0.717, 1.165) is 0 Å². The molecule has 0 aliphatic carbocycles. The largest absolute Gasteiger partial charge is 0.386 e. The van der Waals surface area contributed by atoms with Crippen LogP contribution in [0.5, 0.6) is 0 Å². The van der Waals surface area contributed by atoms with E-state index in [1.807, 2.05) is 0 Å². The van der Waals surface area contributed by atoms with Crippen molar-refractivity contribution in [2.45, 2.75) is 12.0 Å². The lowest BCUT2D eigenvalue weighted by Gasteiger charge is -2.20. The van der Waals surface area contributed by atoms with Gasteiger partial charge in [-0.1, -0.05) is 11.6 Å². The highest BCUT2D eigenvalue weighted by molar-refractivity contribution is 6.30. The van der Waals surface area contributed by atoms with Crippen LogP contribution >= 0.6 is 11.6 Å². The third-order valence-corrected chi connectivity index (χ3v) is 3.20. The smallest absolute Gasteiger partial charge is 0.238 e. The number of hydrogen-bond donors (Lipinski definition) is 3. The van der Waals surface area contributed by atoms with Gasteiger partial charge in [-0.15, -0.1) is 0 Å². The number of carbonyl (C=O) groups is 1. The first-order chi connectivity index (χ1) is 9.07. The number of nitrogens with one attached hydrogen (secondary N) is 2. The molecule has 1 saturated heterocycles. The van der Waals surface area contributed by atoms with Gasteiger partial charge in [-0.3, -0.25) is 4.79 Å². The molecule has 104 valence electrons. The van der Waals surface area contributed by atoms with E-state index in [2.05, 4.69) is 10.6 Å². The first-order valence-electron chi connectivity index (χ1n) is 6.14. The van der Waals surface area contributed by atoms with Crippen molar-refractivity contribution >= 4 is 23.2 Å². The van der Waals surface area contributed by atoms with Gasteiger partial charge in [0.25, 0.3) is 0 Å². The second-order valence-electron chi connectivity index (χ2n) is 4.69. The van der Waals surface area contributed by atoms with Crippen LogP contribution in [0.3, 0.4) is 0 Å². The van der Waals surface area contributed by atoms with Crippen molar-refractivity contribution in [1.82, 2.24) is 5.32 Å². The molecule has 1 amide bonds. The normalized spacial score (nSPS) is 22.4. The van der Waals surface area contributed by atoms with Crippen LogP contribution in [0.25, 0.3) is 0 Å². The standard InChI is InChI=1S/C13H17ClN2O3/c14-10-1-3-11(4-2-10)16-12(17)7-15-8-13(18)5-6-19-9-13/h1-4,15,18H,5-9H2,(H,16,17). The SMILES string of the molecule is O=C(CNCC1(O)CCOC1)Nc1ccc(Cl)cc1. The number of rotatable bonds is 5. The molecule has 0 bridgehead atoms. The minimum Gasteiger partial charge on any atom is -0.386 e. The summed E-state index contributed by atoms with van der Waals surface area (Å²) >= 11 is 5.76. The molecule has 0 radical (unpaired) electrons. The Morgan fingerprint density at radius 3 is 2.79 bits per heavy atom. The van der Waals surface area contributed by atoms with Crippen LogP contribution in [-0.4, -0.2) is 42.9 Å². The predicted octanol–water partition coefficient (Wildman–Crippen LogP) is 1.02. The topological polar surface area (TPSA) is 70.6 Å². The van der Waals surface area contributed by atoms with Gasteiger partial charge in [-0.25, -0.2) is 0 Å². The van der Waals surface area contributed by atoms with Crippen molar-refractivity contribution in [1.29, 1.82) is 0 Å². The Labute approximate surface area is 116 Å². The molecule has 0 spiro atoms. The summed E-state index contributed by atoms with van der Waals surface area (Å²) in [5.41, 5.74) is -0.153. The number of anilines is 1. The Hall–Kier alpha value is -1.14. The van der Waals surface area contributed by atoms with Crippen LogP contribution in [0.2, 0.25) is 5.02 Å². The van der Waals surface area contributed by atoms with Crippen molar-refractivity contribution in [3.63, 3.8) is 0 Å². The van der Waals surface area contributed by atoms with Crippen molar-refractivity contribution in [3.05, 3.63) is 29.3 Å². The van der Waals surface area contributed by atoms with Gasteiger partial charge in [0.15, 0.2) is 0 Å². The maximum atomic E-state index is 11.7. The summed E-state index contributed by atoms with van der Waals surface area (Å²) in [6.07, 6.45) is 0.596. The van der Waals surface area contributed by atoms with Crippen LogP contribution in [0.1, 0.15) is 6.42 Å². The molecule has 1 heterocycles. The monoisotopic (exact) mass is 284 g/mol. The summed E-state index contributed by atoms with van der Waals surface area (Å²) in [7, 11) is 0. The van der Waals surface area contributed by atoms with Gasteiger partial charge in [-0.05, 0) is 24.3 Å². The summed E-state index contributed by atoms with van der Waals surface area (Å²) < 4.78 is 5.12. The molecule has 1 unspecified atom stereocenters. The second-order valence-corrected chi connectivity index (χ2v) is 5.12. The number of aliphatic hydroxyl groups is 1. The zero-order valence-corrected chi connectivity index (χ0v) is 11.2. The molecule has 0 aromatic heterocycles. The average molecular weight is 285 g/mol.